The Bertz CT molecular complexity index is 806. The van der Waals surface area contributed by atoms with Crippen LogP contribution in [-0.4, -0.2) is 32.1 Å². The number of aryl methyl sites for hydroxylation is 1. The van der Waals surface area contributed by atoms with E-state index in [-0.39, 0.29) is 5.78 Å². The Balaban J connectivity index is 2.00. The third-order valence-corrected chi connectivity index (χ3v) is 3.82. The lowest BCUT2D eigenvalue weighted by Gasteiger charge is -2.11. The smallest absolute Gasteiger partial charge is 0.331 e. The van der Waals surface area contributed by atoms with Gasteiger partial charge in [0.2, 0.25) is 5.78 Å². The molecule has 0 amide bonds. The summed E-state index contributed by atoms with van der Waals surface area (Å²) in [6.07, 6.45) is 2.01. The summed E-state index contributed by atoms with van der Waals surface area (Å²) < 4.78 is 15.6. The summed E-state index contributed by atoms with van der Waals surface area (Å²) in [5.41, 5.74) is 2.32. The molecule has 5 heteroatoms. The van der Waals surface area contributed by atoms with Crippen molar-refractivity contribution in [2.45, 2.75) is 20.0 Å². The van der Waals surface area contributed by atoms with Crippen LogP contribution in [0.25, 0.3) is 6.08 Å². The topological polar surface area (TPSA) is 61.8 Å². The van der Waals surface area contributed by atoms with Crippen molar-refractivity contribution >= 4 is 17.8 Å². The predicted molar refractivity (Wildman–Crippen MR) is 99.6 cm³/mol. The highest BCUT2D eigenvalue weighted by Crippen LogP contribution is 2.27. The molecule has 1 atom stereocenters. The zero-order valence-corrected chi connectivity index (χ0v) is 15.3. The molecule has 0 fully saturated rings. The molecule has 0 heterocycles. The van der Waals surface area contributed by atoms with Crippen molar-refractivity contribution in [3.8, 4) is 11.5 Å². The van der Waals surface area contributed by atoms with Gasteiger partial charge in [-0.25, -0.2) is 4.79 Å². The highest BCUT2D eigenvalue weighted by atomic mass is 16.5. The summed E-state index contributed by atoms with van der Waals surface area (Å²) in [7, 11) is 3.09. The normalized spacial score (nSPS) is 11.8. The van der Waals surface area contributed by atoms with Gasteiger partial charge in [0, 0.05) is 11.6 Å². The van der Waals surface area contributed by atoms with Gasteiger partial charge in [0.05, 0.1) is 14.2 Å². The van der Waals surface area contributed by atoms with Crippen molar-refractivity contribution in [2.75, 3.05) is 14.2 Å². The maximum absolute atomic E-state index is 12.3. The molecule has 0 saturated heterocycles. The molecule has 2 aromatic rings. The molecule has 0 aliphatic heterocycles. The number of ether oxygens (including phenoxy) is 3. The Morgan fingerprint density at radius 2 is 1.62 bits per heavy atom. The maximum atomic E-state index is 12.3. The average molecular weight is 354 g/mol. The quantitative estimate of drug-likeness (QED) is 0.429. The summed E-state index contributed by atoms with van der Waals surface area (Å²) in [4.78, 5) is 24.3. The van der Waals surface area contributed by atoms with E-state index in [1.807, 2.05) is 19.1 Å². The Hall–Kier alpha value is -3.08. The number of ketones is 1. The second-order valence-electron chi connectivity index (χ2n) is 5.76. The number of esters is 1. The van der Waals surface area contributed by atoms with Gasteiger partial charge >= 0.3 is 5.97 Å². The number of hydrogen-bond acceptors (Lipinski definition) is 5. The Kier molecular flexibility index (Phi) is 6.55. The van der Waals surface area contributed by atoms with Crippen molar-refractivity contribution < 1.29 is 23.8 Å². The highest BCUT2D eigenvalue weighted by molar-refractivity contribution is 6.01. The molecular weight excluding hydrogens is 332 g/mol. The lowest BCUT2D eigenvalue weighted by molar-refractivity contribution is -0.140. The number of methoxy groups -OCH3 is 2. The first kappa shape index (κ1) is 19.2. The first-order valence-corrected chi connectivity index (χ1v) is 8.16. The summed E-state index contributed by atoms with van der Waals surface area (Å²) >= 11 is 0. The fourth-order valence-corrected chi connectivity index (χ4v) is 2.34. The number of Topliss-reactive ketones (excluding diaryl/α,β-unsaturated/α-hetero) is 1. The molecule has 2 aromatic carbocycles. The lowest BCUT2D eigenvalue weighted by Crippen LogP contribution is -2.23. The summed E-state index contributed by atoms with van der Waals surface area (Å²) in [6.45, 7) is 3.50. The Morgan fingerprint density at radius 3 is 2.23 bits per heavy atom. The number of benzene rings is 2. The molecule has 0 radical (unpaired) electrons. The maximum Gasteiger partial charge on any atom is 0.331 e. The van der Waals surface area contributed by atoms with Gasteiger partial charge in [-0.1, -0.05) is 35.9 Å². The van der Waals surface area contributed by atoms with Gasteiger partial charge < -0.3 is 14.2 Å². The van der Waals surface area contributed by atoms with Gasteiger partial charge in [-0.2, -0.15) is 0 Å². The summed E-state index contributed by atoms with van der Waals surface area (Å²) in [5.74, 6) is 0.334. The predicted octanol–water partition coefficient (Wildman–Crippen LogP) is 3.84. The molecule has 0 spiro atoms. The molecule has 5 nitrogen and oxygen atoms in total. The average Bonchev–Trinajstić information content (AvgIpc) is 2.66. The van der Waals surface area contributed by atoms with Crippen LogP contribution in [0.3, 0.4) is 0 Å². The monoisotopic (exact) mass is 354 g/mol. The van der Waals surface area contributed by atoms with Crippen molar-refractivity contribution in [3.63, 3.8) is 0 Å². The van der Waals surface area contributed by atoms with Crippen LogP contribution in [0.4, 0.5) is 0 Å². The number of carbonyl (C=O) groups excluding carboxylic acids is 2. The fraction of sp³-hybridized carbons (Fsp3) is 0.238. The SMILES string of the molecule is COc1ccc(/C=C/C(=O)O[C@@H](C)C(=O)c2ccc(C)cc2)cc1OC. The lowest BCUT2D eigenvalue weighted by atomic mass is 10.1. The van der Waals surface area contributed by atoms with E-state index in [1.165, 1.54) is 13.2 Å². The van der Waals surface area contributed by atoms with E-state index in [1.54, 1.807) is 50.4 Å². The third-order valence-electron chi connectivity index (χ3n) is 3.82. The molecule has 0 saturated carbocycles. The Labute approximate surface area is 153 Å². The summed E-state index contributed by atoms with van der Waals surface area (Å²) in [5, 5.41) is 0. The van der Waals surface area contributed by atoms with E-state index < -0.39 is 12.1 Å². The van der Waals surface area contributed by atoms with Crippen LogP contribution >= 0.6 is 0 Å². The molecule has 26 heavy (non-hydrogen) atoms. The van der Waals surface area contributed by atoms with E-state index in [4.69, 9.17) is 14.2 Å². The first-order valence-electron chi connectivity index (χ1n) is 8.16. The van der Waals surface area contributed by atoms with E-state index >= 15 is 0 Å². The molecule has 0 N–H and O–H groups in total. The van der Waals surface area contributed by atoms with Crippen LogP contribution in [0.1, 0.15) is 28.4 Å². The van der Waals surface area contributed by atoms with E-state index in [0.717, 1.165) is 11.1 Å². The van der Waals surface area contributed by atoms with Crippen LogP contribution in [0, 0.1) is 6.92 Å². The molecule has 0 aliphatic rings. The molecule has 136 valence electrons. The van der Waals surface area contributed by atoms with Crippen LogP contribution in [-0.2, 0) is 9.53 Å². The van der Waals surface area contributed by atoms with Gasteiger partial charge in [0.15, 0.2) is 17.6 Å². The van der Waals surface area contributed by atoms with Crippen LogP contribution < -0.4 is 9.47 Å². The van der Waals surface area contributed by atoms with E-state index in [9.17, 15) is 9.59 Å². The van der Waals surface area contributed by atoms with Gasteiger partial charge in [0.1, 0.15) is 0 Å². The minimum Gasteiger partial charge on any atom is -0.493 e. The van der Waals surface area contributed by atoms with E-state index in [0.29, 0.717) is 17.1 Å². The van der Waals surface area contributed by atoms with E-state index in [2.05, 4.69) is 0 Å². The van der Waals surface area contributed by atoms with Gasteiger partial charge in [-0.05, 0) is 37.6 Å². The minimum absolute atomic E-state index is 0.238. The largest absolute Gasteiger partial charge is 0.493 e. The van der Waals surface area contributed by atoms with Crippen molar-refractivity contribution in [2.24, 2.45) is 0 Å². The number of hydrogen-bond donors (Lipinski definition) is 0. The fourth-order valence-electron chi connectivity index (χ4n) is 2.34. The summed E-state index contributed by atoms with van der Waals surface area (Å²) in [6, 6.07) is 12.4. The van der Waals surface area contributed by atoms with Gasteiger partial charge in [-0.3, -0.25) is 4.79 Å². The van der Waals surface area contributed by atoms with Crippen LogP contribution in [0.5, 0.6) is 11.5 Å². The van der Waals surface area contributed by atoms with Gasteiger partial charge in [-0.15, -0.1) is 0 Å². The van der Waals surface area contributed by atoms with Crippen molar-refractivity contribution in [1.29, 1.82) is 0 Å². The zero-order valence-electron chi connectivity index (χ0n) is 15.3. The number of rotatable bonds is 7. The second-order valence-corrected chi connectivity index (χ2v) is 5.76. The third kappa shape index (κ3) is 4.96. The second kappa shape index (κ2) is 8.85. The zero-order chi connectivity index (χ0) is 19.1. The first-order chi connectivity index (χ1) is 12.4. The molecule has 2 rings (SSSR count). The molecule has 0 bridgehead atoms. The minimum atomic E-state index is -0.861. The number of carbonyl (C=O) groups is 2. The van der Waals surface area contributed by atoms with Crippen molar-refractivity contribution in [3.05, 3.63) is 65.2 Å². The van der Waals surface area contributed by atoms with Gasteiger partial charge in [0.25, 0.3) is 0 Å². The van der Waals surface area contributed by atoms with Crippen LogP contribution in [0.2, 0.25) is 0 Å². The highest BCUT2D eigenvalue weighted by Gasteiger charge is 2.18. The molecule has 0 aromatic heterocycles. The van der Waals surface area contributed by atoms with Crippen molar-refractivity contribution in [1.82, 2.24) is 0 Å². The molecule has 0 unspecified atom stereocenters. The Morgan fingerprint density at radius 1 is 0.962 bits per heavy atom. The molecular formula is C21H22O5. The van der Waals surface area contributed by atoms with Crippen LogP contribution in [0.15, 0.2) is 48.5 Å². The molecule has 0 aliphatic carbocycles. The standard InChI is InChI=1S/C21H22O5/c1-14-5-9-17(10-6-14)21(23)15(2)26-20(22)12-8-16-7-11-18(24-3)19(13-16)25-4/h5-13,15H,1-4H3/b12-8+/t15-/m0/s1.